The Morgan fingerprint density at radius 2 is 1.67 bits per heavy atom. The van der Waals surface area contributed by atoms with E-state index in [4.69, 9.17) is 12.6 Å². The Hall–Kier alpha value is -1.74. The van der Waals surface area contributed by atoms with Crippen LogP contribution in [0.2, 0.25) is 0 Å². The summed E-state index contributed by atoms with van der Waals surface area (Å²) in [6.07, 6.45) is 0. The molecule has 1 heterocycles. The summed E-state index contributed by atoms with van der Waals surface area (Å²) < 4.78 is -0.416. The zero-order chi connectivity index (χ0) is 12.6. The molecule has 0 bridgehead atoms. The fourth-order valence-electron chi connectivity index (χ4n) is 2.08. The minimum atomic E-state index is -0.416. The van der Waals surface area contributed by atoms with Crippen molar-refractivity contribution in [2.75, 3.05) is 0 Å². The van der Waals surface area contributed by atoms with Gasteiger partial charge in [-0.25, -0.2) is 4.98 Å². The number of aromatic nitrogens is 2. The lowest BCUT2D eigenvalue weighted by Gasteiger charge is -2.21. The predicted molar refractivity (Wildman–Crippen MR) is 78.0 cm³/mol. The molecule has 0 spiro atoms. The number of thiol groups is 1. The zero-order valence-corrected chi connectivity index (χ0v) is 11.0. The molecule has 0 fully saturated rings. The van der Waals surface area contributed by atoms with Gasteiger partial charge in [0.05, 0.1) is 15.8 Å². The SMILES string of the molecule is CC(S)(c1ccccc1)c1nc2ccccc2[nH]1. The molecule has 3 aromatic rings. The molecular weight excluding hydrogens is 240 g/mol. The Kier molecular flexibility index (Phi) is 2.63. The summed E-state index contributed by atoms with van der Waals surface area (Å²) >= 11 is 4.78. The smallest absolute Gasteiger partial charge is 0.127 e. The molecule has 0 amide bonds. The number of H-pyrrole nitrogens is 1. The Labute approximate surface area is 111 Å². The molecule has 3 rings (SSSR count). The normalized spacial score (nSPS) is 14.6. The highest BCUT2D eigenvalue weighted by molar-refractivity contribution is 7.81. The van der Waals surface area contributed by atoms with Crippen LogP contribution in [0.25, 0.3) is 11.0 Å². The number of nitrogens with zero attached hydrogens (tertiary/aromatic N) is 1. The average Bonchev–Trinajstić information content (AvgIpc) is 2.84. The van der Waals surface area contributed by atoms with Gasteiger partial charge < -0.3 is 4.98 Å². The quantitative estimate of drug-likeness (QED) is 0.670. The van der Waals surface area contributed by atoms with E-state index in [1.54, 1.807) is 0 Å². The van der Waals surface area contributed by atoms with Gasteiger partial charge in [-0.3, -0.25) is 0 Å². The van der Waals surface area contributed by atoms with Crippen LogP contribution >= 0.6 is 12.6 Å². The lowest BCUT2D eigenvalue weighted by Crippen LogP contribution is -2.17. The summed E-state index contributed by atoms with van der Waals surface area (Å²) in [4.78, 5) is 7.98. The molecule has 3 heteroatoms. The van der Waals surface area contributed by atoms with E-state index in [2.05, 4.69) is 29.0 Å². The van der Waals surface area contributed by atoms with Gasteiger partial charge >= 0.3 is 0 Å². The summed E-state index contributed by atoms with van der Waals surface area (Å²) in [5.41, 5.74) is 3.15. The first-order valence-corrected chi connectivity index (χ1v) is 6.36. The van der Waals surface area contributed by atoms with Crippen molar-refractivity contribution >= 4 is 23.7 Å². The van der Waals surface area contributed by atoms with Crippen molar-refractivity contribution in [1.82, 2.24) is 9.97 Å². The van der Waals surface area contributed by atoms with Crippen molar-refractivity contribution in [3.8, 4) is 0 Å². The van der Waals surface area contributed by atoms with E-state index in [0.29, 0.717) is 0 Å². The largest absolute Gasteiger partial charge is 0.341 e. The van der Waals surface area contributed by atoms with Crippen molar-refractivity contribution in [2.24, 2.45) is 0 Å². The monoisotopic (exact) mass is 254 g/mol. The second-order valence-electron chi connectivity index (χ2n) is 4.54. The van der Waals surface area contributed by atoms with Crippen LogP contribution in [0.3, 0.4) is 0 Å². The molecule has 1 N–H and O–H groups in total. The van der Waals surface area contributed by atoms with Gasteiger partial charge in [0.25, 0.3) is 0 Å². The first kappa shape index (κ1) is 11.4. The summed E-state index contributed by atoms with van der Waals surface area (Å²) in [5.74, 6) is 0.873. The highest BCUT2D eigenvalue weighted by Crippen LogP contribution is 2.34. The van der Waals surface area contributed by atoms with E-state index in [0.717, 1.165) is 22.4 Å². The molecule has 18 heavy (non-hydrogen) atoms. The van der Waals surface area contributed by atoms with Gasteiger partial charge in [-0.05, 0) is 24.6 Å². The van der Waals surface area contributed by atoms with Gasteiger partial charge in [0, 0.05) is 0 Å². The number of nitrogens with one attached hydrogen (secondary N) is 1. The van der Waals surface area contributed by atoms with E-state index in [-0.39, 0.29) is 0 Å². The minimum Gasteiger partial charge on any atom is -0.341 e. The highest BCUT2D eigenvalue weighted by atomic mass is 32.1. The number of rotatable bonds is 2. The maximum Gasteiger partial charge on any atom is 0.127 e. The van der Waals surface area contributed by atoms with Crippen LogP contribution < -0.4 is 0 Å². The van der Waals surface area contributed by atoms with Crippen LogP contribution in [0.1, 0.15) is 18.3 Å². The molecule has 0 aliphatic rings. The van der Waals surface area contributed by atoms with E-state index in [9.17, 15) is 0 Å². The third-order valence-corrected chi connectivity index (χ3v) is 3.66. The van der Waals surface area contributed by atoms with Crippen molar-refractivity contribution in [2.45, 2.75) is 11.7 Å². The van der Waals surface area contributed by atoms with Crippen LogP contribution in [0.5, 0.6) is 0 Å². The molecule has 0 aliphatic carbocycles. The second kappa shape index (κ2) is 4.18. The lowest BCUT2D eigenvalue weighted by atomic mass is 9.99. The van der Waals surface area contributed by atoms with Gasteiger partial charge in [-0.1, -0.05) is 42.5 Å². The number of benzene rings is 2. The third kappa shape index (κ3) is 1.81. The molecule has 0 saturated carbocycles. The second-order valence-corrected chi connectivity index (χ2v) is 5.44. The van der Waals surface area contributed by atoms with Crippen LogP contribution in [-0.2, 0) is 4.75 Å². The summed E-state index contributed by atoms with van der Waals surface area (Å²) in [6.45, 7) is 2.06. The molecule has 2 aromatic carbocycles. The molecular formula is C15H14N2S. The minimum absolute atomic E-state index is 0.416. The maximum absolute atomic E-state index is 4.78. The molecule has 1 atom stereocenters. The van der Waals surface area contributed by atoms with Crippen molar-refractivity contribution in [3.63, 3.8) is 0 Å². The molecule has 0 aliphatic heterocycles. The standard InChI is InChI=1S/C15H14N2S/c1-15(18,11-7-3-2-4-8-11)14-16-12-9-5-6-10-13(12)17-14/h2-10,18H,1H3,(H,16,17). The first-order chi connectivity index (χ1) is 8.68. The first-order valence-electron chi connectivity index (χ1n) is 5.91. The average molecular weight is 254 g/mol. The van der Waals surface area contributed by atoms with Gasteiger partial charge in [-0.2, -0.15) is 12.6 Å². The number of aromatic amines is 1. The molecule has 1 unspecified atom stereocenters. The van der Waals surface area contributed by atoms with E-state index in [1.807, 2.05) is 42.5 Å². The fraction of sp³-hybridized carbons (Fsp3) is 0.133. The van der Waals surface area contributed by atoms with Gasteiger partial charge in [0.2, 0.25) is 0 Å². The van der Waals surface area contributed by atoms with E-state index >= 15 is 0 Å². The van der Waals surface area contributed by atoms with Gasteiger partial charge in [-0.15, -0.1) is 0 Å². The molecule has 90 valence electrons. The van der Waals surface area contributed by atoms with Gasteiger partial charge in [0.1, 0.15) is 5.82 Å². The molecule has 0 saturated heterocycles. The lowest BCUT2D eigenvalue weighted by molar-refractivity contribution is 0.782. The van der Waals surface area contributed by atoms with E-state index in [1.165, 1.54) is 0 Å². The zero-order valence-electron chi connectivity index (χ0n) is 10.1. The summed E-state index contributed by atoms with van der Waals surface area (Å²) in [7, 11) is 0. The maximum atomic E-state index is 4.78. The van der Waals surface area contributed by atoms with Crippen LogP contribution in [0, 0.1) is 0 Å². The van der Waals surface area contributed by atoms with Crippen molar-refractivity contribution < 1.29 is 0 Å². The van der Waals surface area contributed by atoms with E-state index < -0.39 is 4.75 Å². The Morgan fingerprint density at radius 1 is 1.00 bits per heavy atom. The molecule has 2 nitrogen and oxygen atoms in total. The molecule has 0 radical (unpaired) electrons. The third-order valence-electron chi connectivity index (χ3n) is 3.19. The molecule has 1 aromatic heterocycles. The number of imidazole rings is 1. The Bertz CT molecular complexity index is 638. The Balaban J connectivity index is 2.13. The van der Waals surface area contributed by atoms with Crippen LogP contribution in [0.15, 0.2) is 54.6 Å². The number of hydrogen-bond acceptors (Lipinski definition) is 2. The number of para-hydroxylation sites is 2. The van der Waals surface area contributed by atoms with Crippen molar-refractivity contribution in [3.05, 3.63) is 66.0 Å². The predicted octanol–water partition coefficient (Wildman–Crippen LogP) is 3.76. The van der Waals surface area contributed by atoms with Gasteiger partial charge in [0.15, 0.2) is 0 Å². The number of hydrogen-bond donors (Lipinski definition) is 2. The Morgan fingerprint density at radius 3 is 2.39 bits per heavy atom. The topological polar surface area (TPSA) is 28.7 Å². The van der Waals surface area contributed by atoms with Crippen LogP contribution in [-0.4, -0.2) is 9.97 Å². The van der Waals surface area contributed by atoms with Crippen molar-refractivity contribution in [1.29, 1.82) is 0 Å². The summed E-state index contributed by atoms with van der Waals surface area (Å²) in [5, 5.41) is 0. The van der Waals surface area contributed by atoms with Crippen LogP contribution in [0.4, 0.5) is 0 Å². The number of fused-ring (bicyclic) bond motifs is 1. The fourth-order valence-corrected chi connectivity index (χ4v) is 2.34. The highest BCUT2D eigenvalue weighted by Gasteiger charge is 2.27. The summed E-state index contributed by atoms with van der Waals surface area (Å²) in [6, 6.07) is 18.2.